The van der Waals surface area contributed by atoms with Gasteiger partial charge in [-0.3, -0.25) is 0 Å². The van der Waals surface area contributed by atoms with Crippen LogP contribution in [0, 0.1) is 36.0 Å². The van der Waals surface area contributed by atoms with E-state index in [0.29, 0.717) is 31.0 Å². The van der Waals surface area contributed by atoms with Crippen molar-refractivity contribution >= 4 is 21.7 Å². The van der Waals surface area contributed by atoms with Gasteiger partial charge in [-0.1, -0.05) is 17.7 Å². The number of hydrogen-bond donors (Lipinski definition) is 1. The minimum absolute atomic E-state index is 0.0415. The molecule has 13 heteroatoms. The Kier molecular flexibility index (Phi) is 6.49. The Balaban J connectivity index is 1.53. The highest BCUT2D eigenvalue weighted by Crippen LogP contribution is 2.46. The van der Waals surface area contributed by atoms with E-state index in [0.717, 1.165) is 11.8 Å². The lowest BCUT2D eigenvalue weighted by molar-refractivity contribution is 0.256. The lowest BCUT2D eigenvalue weighted by Gasteiger charge is -2.44. The van der Waals surface area contributed by atoms with E-state index in [1.165, 1.54) is 12.1 Å². The first-order chi connectivity index (χ1) is 18.0. The van der Waals surface area contributed by atoms with E-state index in [1.54, 1.807) is 28.9 Å². The van der Waals surface area contributed by atoms with Gasteiger partial charge in [0.1, 0.15) is 23.3 Å². The molecule has 1 aliphatic heterocycles. The number of rotatable bonds is 5. The van der Waals surface area contributed by atoms with Crippen molar-refractivity contribution in [3.8, 4) is 0 Å². The van der Waals surface area contributed by atoms with E-state index in [1.807, 2.05) is 4.83 Å². The number of hydrazone groups is 1. The third-order valence-electron chi connectivity index (χ3n) is 6.66. The fourth-order valence-electron chi connectivity index (χ4n) is 4.58. The maximum Gasteiger partial charge on any atom is 0.276 e. The molecule has 0 atom stereocenters. The van der Waals surface area contributed by atoms with E-state index in [-0.39, 0.29) is 36.2 Å². The molecule has 7 nitrogen and oxygen atoms in total. The summed E-state index contributed by atoms with van der Waals surface area (Å²) >= 11 is 0. The number of anilines is 1. The highest BCUT2D eigenvalue weighted by atomic mass is 32.2. The van der Waals surface area contributed by atoms with Gasteiger partial charge in [0.2, 0.25) is 0 Å². The quantitative estimate of drug-likeness (QED) is 0.224. The largest absolute Gasteiger partial charge is 0.350 e. The molecule has 2 fully saturated rings. The van der Waals surface area contributed by atoms with Gasteiger partial charge in [-0.05, 0) is 31.9 Å². The Morgan fingerprint density at radius 3 is 2.18 bits per heavy atom. The lowest BCUT2D eigenvalue weighted by atomic mass is 10.1. The molecule has 1 spiro atoms. The first kappa shape index (κ1) is 25.9. The summed E-state index contributed by atoms with van der Waals surface area (Å²) in [5, 5.41) is 3.95. The molecule has 3 aromatic rings. The normalized spacial score (nSPS) is 17.2. The molecule has 0 unspecified atom stereocenters. The molecule has 1 aromatic heterocycles. The molecule has 0 amide bonds. The number of sulfonamides is 1. The number of pyridine rings is 1. The fraction of sp³-hybridized carbons (Fsp3) is 0.280. The Morgan fingerprint density at radius 1 is 0.947 bits per heavy atom. The maximum absolute atomic E-state index is 14.9. The van der Waals surface area contributed by atoms with Gasteiger partial charge in [0.25, 0.3) is 10.0 Å². The Bertz CT molecular complexity index is 1500. The van der Waals surface area contributed by atoms with Crippen molar-refractivity contribution < 1.29 is 30.4 Å². The van der Waals surface area contributed by atoms with Crippen LogP contribution in [0.4, 0.5) is 27.8 Å². The number of aryl methyl sites for hydroxylation is 1. The highest BCUT2D eigenvalue weighted by molar-refractivity contribution is 7.89. The number of nitrogens with one attached hydrogen (secondary N) is 1. The van der Waals surface area contributed by atoms with Crippen LogP contribution < -0.4 is 9.73 Å². The second-order valence-electron chi connectivity index (χ2n) is 9.34. The zero-order valence-electron chi connectivity index (χ0n) is 20.1. The summed E-state index contributed by atoms with van der Waals surface area (Å²) in [5.74, 6) is -5.81. The molecule has 2 aromatic carbocycles. The van der Waals surface area contributed by atoms with Crippen LogP contribution in [0.5, 0.6) is 0 Å². The van der Waals surface area contributed by atoms with Gasteiger partial charge in [0.15, 0.2) is 17.5 Å². The zero-order valence-corrected chi connectivity index (χ0v) is 20.9. The fourth-order valence-corrected chi connectivity index (χ4v) is 5.39. The van der Waals surface area contributed by atoms with E-state index < -0.39 is 50.2 Å². The van der Waals surface area contributed by atoms with Gasteiger partial charge in [-0.25, -0.2) is 26.9 Å². The number of halogens is 5. The second-order valence-corrected chi connectivity index (χ2v) is 11.0. The van der Waals surface area contributed by atoms with Crippen LogP contribution in [-0.4, -0.2) is 49.3 Å². The number of aromatic nitrogens is 1. The number of amidine groups is 1. The first-order valence-corrected chi connectivity index (χ1v) is 13.1. The third-order valence-corrected chi connectivity index (χ3v) is 7.88. The monoisotopic (exact) mass is 551 g/mol. The number of benzene rings is 2. The predicted octanol–water partition coefficient (Wildman–Crippen LogP) is 4.08. The molecule has 0 radical (unpaired) electrons. The maximum atomic E-state index is 14.9. The number of nitrogens with zero attached hydrogens (tertiary/aromatic N) is 4. The van der Waals surface area contributed by atoms with Crippen molar-refractivity contribution in [1.29, 1.82) is 0 Å². The molecule has 1 saturated carbocycles. The minimum Gasteiger partial charge on any atom is -0.350 e. The number of piperazine rings is 1. The zero-order chi connectivity index (χ0) is 27.2. The molecule has 0 bridgehead atoms. The van der Waals surface area contributed by atoms with Gasteiger partial charge in [0.05, 0.1) is 22.2 Å². The Labute approximate surface area is 215 Å². The van der Waals surface area contributed by atoms with Crippen LogP contribution in [0.3, 0.4) is 0 Å². The predicted molar refractivity (Wildman–Crippen MR) is 129 cm³/mol. The van der Waals surface area contributed by atoms with Crippen LogP contribution in [-0.2, 0) is 10.0 Å². The van der Waals surface area contributed by atoms with Crippen LogP contribution in [0.2, 0.25) is 0 Å². The van der Waals surface area contributed by atoms with E-state index >= 15 is 0 Å². The summed E-state index contributed by atoms with van der Waals surface area (Å²) in [6.45, 7) is 2.07. The summed E-state index contributed by atoms with van der Waals surface area (Å²) in [4.78, 5) is 8.91. The molecular formula is C25H22F5N5O2S. The van der Waals surface area contributed by atoms with Crippen LogP contribution >= 0.6 is 0 Å². The highest BCUT2D eigenvalue weighted by Gasteiger charge is 2.53. The first-order valence-electron chi connectivity index (χ1n) is 11.6. The third kappa shape index (κ3) is 4.89. The summed E-state index contributed by atoms with van der Waals surface area (Å²) in [6, 6.07) is 7.56. The van der Waals surface area contributed by atoms with Gasteiger partial charge >= 0.3 is 0 Å². The molecule has 200 valence electrons. The van der Waals surface area contributed by atoms with E-state index in [4.69, 9.17) is 0 Å². The van der Waals surface area contributed by atoms with E-state index in [9.17, 15) is 30.4 Å². The molecule has 1 N–H and O–H groups in total. The molecule has 1 aliphatic carbocycles. The standard InChI is InChI=1S/C25H22F5N5O2S/c1-15-2-4-18(5-3-15)38(36,37)33-32-24(22-19(28)10-16(26)11-20(22)29)35-9-8-34(14-25(35)6-7-25)23-21(30)12-17(27)13-31-23/h2-5,10-13,33H,6-9,14H2,1H3/b32-24-. The topological polar surface area (TPSA) is 77.9 Å². The van der Waals surface area contributed by atoms with Crippen LogP contribution in [0.1, 0.15) is 24.0 Å². The molecule has 1 saturated heterocycles. The Morgan fingerprint density at radius 2 is 1.58 bits per heavy atom. The SMILES string of the molecule is Cc1ccc(S(=O)(=O)N/N=C(/c2c(F)cc(F)cc2F)N2CCN(c3ncc(F)cc3F)CC23CC3)cc1. The smallest absolute Gasteiger partial charge is 0.276 e. The molecular weight excluding hydrogens is 529 g/mol. The molecule has 2 aliphatic rings. The molecule has 2 heterocycles. The van der Waals surface area contributed by atoms with Crippen molar-refractivity contribution in [3.63, 3.8) is 0 Å². The Hall–Kier alpha value is -3.74. The van der Waals surface area contributed by atoms with Gasteiger partial charge < -0.3 is 9.80 Å². The van der Waals surface area contributed by atoms with Crippen molar-refractivity contribution in [2.24, 2.45) is 5.10 Å². The second kappa shape index (κ2) is 9.53. The van der Waals surface area contributed by atoms with Crippen molar-refractivity contribution in [3.05, 3.63) is 88.9 Å². The van der Waals surface area contributed by atoms with Crippen molar-refractivity contribution in [2.45, 2.75) is 30.2 Å². The van der Waals surface area contributed by atoms with Gasteiger partial charge in [0, 0.05) is 37.8 Å². The van der Waals surface area contributed by atoms with Crippen molar-refractivity contribution in [1.82, 2.24) is 14.7 Å². The molecule has 38 heavy (non-hydrogen) atoms. The van der Waals surface area contributed by atoms with Crippen molar-refractivity contribution in [2.75, 3.05) is 24.5 Å². The minimum atomic E-state index is -4.22. The summed E-state index contributed by atoms with van der Waals surface area (Å²) in [7, 11) is -4.22. The average Bonchev–Trinajstić information content (AvgIpc) is 3.60. The lowest BCUT2D eigenvalue weighted by Crippen LogP contribution is -2.58. The van der Waals surface area contributed by atoms with Crippen LogP contribution in [0.25, 0.3) is 0 Å². The summed E-state index contributed by atoms with van der Waals surface area (Å²) in [5.41, 5.74) is -0.671. The summed E-state index contributed by atoms with van der Waals surface area (Å²) < 4.78 is 97.1. The summed E-state index contributed by atoms with van der Waals surface area (Å²) in [6.07, 6.45) is 1.92. The van der Waals surface area contributed by atoms with Gasteiger partial charge in [-0.15, -0.1) is 5.10 Å². The van der Waals surface area contributed by atoms with E-state index in [2.05, 4.69) is 10.1 Å². The van der Waals surface area contributed by atoms with Crippen LogP contribution in [0.15, 0.2) is 58.7 Å². The number of hydrogen-bond acceptors (Lipinski definition) is 5. The average molecular weight is 552 g/mol. The molecule has 5 rings (SSSR count). The van der Waals surface area contributed by atoms with Gasteiger partial charge in [-0.2, -0.15) is 13.2 Å².